The van der Waals surface area contributed by atoms with Crippen LogP contribution in [-0.2, 0) is 0 Å². The van der Waals surface area contributed by atoms with E-state index in [4.69, 9.17) is 9.47 Å². The molecule has 7 heteroatoms. The fourth-order valence-electron chi connectivity index (χ4n) is 2.22. The lowest BCUT2D eigenvalue weighted by Crippen LogP contribution is -2.03. The first kappa shape index (κ1) is 21.8. The van der Waals surface area contributed by atoms with Gasteiger partial charge in [-0.2, -0.15) is 0 Å². The molecule has 0 aromatic heterocycles. The number of benzene rings is 2. The maximum Gasteiger partial charge on any atom is 0.280 e. The maximum atomic E-state index is 11.4. The van der Waals surface area contributed by atoms with Gasteiger partial charge in [0.1, 0.15) is 11.5 Å². The van der Waals surface area contributed by atoms with E-state index >= 15 is 0 Å². The topological polar surface area (TPSA) is 95.7 Å². The molecule has 0 heterocycles. The number of carbonyl (C=O) groups is 2. The molecule has 2 rings (SSSR count). The summed E-state index contributed by atoms with van der Waals surface area (Å²) in [5, 5.41) is 10.7. The van der Waals surface area contributed by atoms with Gasteiger partial charge in [0.25, 0.3) is 5.69 Å². The minimum absolute atomic E-state index is 0.0989. The number of hydrogen-bond donors (Lipinski definition) is 0. The van der Waals surface area contributed by atoms with Crippen molar-refractivity contribution < 1.29 is 24.0 Å². The third kappa shape index (κ3) is 6.22. The van der Waals surface area contributed by atoms with Gasteiger partial charge < -0.3 is 9.47 Å². The monoisotopic (exact) mass is 373 g/mol. The number of ether oxygens (including phenoxy) is 2. The second kappa shape index (κ2) is 10.7. The minimum atomic E-state index is -0.567. The van der Waals surface area contributed by atoms with E-state index in [9.17, 15) is 19.7 Å². The Hall–Kier alpha value is -3.22. The van der Waals surface area contributed by atoms with Crippen LogP contribution < -0.4 is 9.47 Å². The van der Waals surface area contributed by atoms with Crippen molar-refractivity contribution in [2.75, 3.05) is 14.2 Å². The van der Waals surface area contributed by atoms with Crippen LogP contribution in [0.2, 0.25) is 0 Å². The molecule has 0 aliphatic rings. The average Bonchev–Trinajstić information content (AvgIpc) is 2.72. The van der Waals surface area contributed by atoms with Gasteiger partial charge in [0.2, 0.25) is 0 Å². The van der Waals surface area contributed by atoms with Gasteiger partial charge >= 0.3 is 0 Å². The highest BCUT2D eigenvalue weighted by Crippen LogP contribution is 2.25. The summed E-state index contributed by atoms with van der Waals surface area (Å²) in [5.41, 5.74) is 0.640. The van der Waals surface area contributed by atoms with Crippen molar-refractivity contribution in [1.29, 1.82) is 0 Å². The SMILES string of the molecule is CCC(=O)c1cc(OC)ccc1[N+](=O)[O-].CCC(=O)c1cccc(OC)c1. The molecule has 27 heavy (non-hydrogen) atoms. The summed E-state index contributed by atoms with van der Waals surface area (Å²) in [5.74, 6) is 1.06. The van der Waals surface area contributed by atoms with Gasteiger partial charge in [0.15, 0.2) is 11.6 Å². The minimum Gasteiger partial charge on any atom is -0.497 e. The smallest absolute Gasteiger partial charge is 0.280 e. The molecular weight excluding hydrogens is 350 g/mol. The first-order chi connectivity index (χ1) is 12.9. The summed E-state index contributed by atoms with van der Waals surface area (Å²) in [6.45, 7) is 3.51. The van der Waals surface area contributed by atoms with Crippen molar-refractivity contribution in [3.63, 3.8) is 0 Å². The van der Waals surface area contributed by atoms with E-state index in [1.807, 2.05) is 19.1 Å². The Kier molecular flexibility index (Phi) is 8.65. The lowest BCUT2D eigenvalue weighted by atomic mass is 10.1. The zero-order valence-corrected chi connectivity index (χ0v) is 15.9. The molecule has 0 aliphatic carbocycles. The van der Waals surface area contributed by atoms with Crippen molar-refractivity contribution in [3.05, 3.63) is 63.7 Å². The fraction of sp³-hybridized carbons (Fsp3) is 0.300. The maximum absolute atomic E-state index is 11.4. The highest BCUT2D eigenvalue weighted by atomic mass is 16.6. The quantitative estimate of drug-likeness (QED) is 0.403. The first-order valence-corrected chi connectivity index (χ1v) is 8.40. The first-order valence-electron chi connectivity index (χ1n) is 8.40. The average molecular weight is 373 g/mol. The second-order valence-corrected chi connectivity index (χ2v) is 5.43. The van der Waals surface area contributed by atoms with Crippen molar-refractivity contribution in [2.45, 2.75) is 26.7 Å². The van der Waals surface area contributed by atoms with Crippen LogP contribution in [0.5, 0.6) is 11.5 Å². The molecule has 0 fully saturated rings. The molecule has 0 spiro atoms. The molecule has 0 saturated heterocycles. The van der Waals surface area contributed by atoms with Crippen molar-refractivity contribution in [1.82, 2.24) is 0 Å². The molecule has 7 nitrogen and oxygen atoms in total. The summed E-state index contributed by atoms with van der Waals surface area (Å²) in [4.78, 5) is 32.8. The van der Waals surface area contributed by atoms with E-state index in [1.165, 1.54) is 25.3 Å². The van der Waals surface area contributed by atoms with Crippen LogP contribution >= 0.6 is 0 Å². The largest absolute Gasteiger partial charge is 0.497 e. The lowest BCUT2D eigenvalue weighted by molar-refractivity contribution is -0.385. The molecule has 144 valence electrons. The van der Waals surface area contributed by atoms with E-state index in [-0.39, 0.29) is 29.2 Å². The number of nitro benzene ring substituents is 1. The van der Waals surface area contributed by atoms with Gasteiger partial charge in [-0.05, 0) is 24.3 Å². The predicted molar refractivity (Wildman–Crippen MR) is 102 cm³/mol. The van der Waals surface area contributed by atoms with Crippen LogP contribution in [0.25, 0.3) is 0 Å². The predicted octanol–water partition coefficient (Wildman–Crippen LogP) is 4.48. The van der Waals surface area contributed by atoms with E-state index in [1.54, 1.807) is 26.2 Å². The van der Waals surface area contributed by atoms with E-state index < -0.39 is 4.92 Å². The highest BCUT2D eigenvalue weighted by molar-refractivity contribution is 6.00. The van der Waals surface area contributed by atoms with Crippen LogP contribution in [0.1, 0.15) is 47.4 Å². The summed E-state index contributed by atoms with van der Waals surface area (Å²) >= 11 is 0. The van der Waals surface area contributed by atoms with Gasteiger partial charge in [-0.3, -0.25) is 19.7 Å². The number of Topliss-reactive ketones (excluding diaryl/α,β-unsaturated/α-hetero) is 2. The normalized spacial score (nSPS) is 9.63. The summed E-state index contributed by atoms with van der Waals surface area (Å²) in [6.07, 6.45) is 0.765. The number of nitro groups is 1. The van der Waals surface area contributed by atoms with Crippen molar-refractivity contribution >= 4 is 17.3 Å². The molecule has 0 saturated carbocycles. The molecule has 0 aliphatic heterocycles. The number of hydrogen-bond acceptors (Lipinski definition) is 6. The third-order valence-corrected chi connectivity index (χ3v) is 3.73. The van der Waals surface area contributed by atoms with E-state index in [0.29, 0.717) is 12.2 Å². The Morgan fingerprint density at radius 2 is 1.52 bits per heavy atom. The number of methoxy groups -OCH3 is 2. The van der Waals surface area contributed by atoms with Gasteiger partial charge in [-0.1, -0.05) is 26.0 Å². The molecular formula is C20H23NO6. The number of ketones is 2. The Bertz CT molecular complexity index is 816. The molecule has 0 radical (unpaired) electrons. The van der Waals surface area contributed by atoms with Crippen LogP contribution in [0.3, 0.4) is 0 Å². The van der Waals surface area contributed by atoms with Gasteiger partial charge in [0.05, 0.1) is 24.7 Å². The number of nitrogens with zero attached hydrogens (tertiary/aromatic N) is 1. The molecule has 0 atom stereocenters. The Balaban J connectivity index is 0.000000277. The van der Waals surface area contributed by atoms with Gasteiger partial charge in [0, 0.05) is 24.5 Å². The molecule has 0 N–H and O–H groups in total. The zero-order chi connectivity index (χ0) is 20.4. The number of rotatable bonds is 7. The van der Waals surface area contributed by atoms with Crippen LogP contribution in [0.15, 0.2) is 42.5 Å². The molecule has 0 bridgehead atoms. The Labute approximate surface area is 158 Å². The summed E-state index contributed by atoms with van der Waals surface area (Å²) < 4.78 is 9.91. The molecule has 2 aromatic rings. The summed E-state index contributed by atoms with van der Waals surface area (Å²) in [6, 6.07) is 11.3. The van der Waals surface area contributed by atoms with Crippen LogP contribution in [0.4, 0.5) is 5.69 Å². The van der Waals surface area contributed by atoms with Crippen molar-refractivity contribution in [2.24, 2.45) is 0 Å². The Morgan fingerprint density at radius 3 is 2.04 bits per heavy atom. The number of carbonyl (C=O) groups excluding carboxylic acids is 2. The second-order valence-electron chi connectivity index (χ2n) is 5.43. The van der Waals surface area contributed by atoms with Crippen LogP contribution in [-0.4, -0.2) is 30.7 Å². The van der Waals surface area contributed by atoms with E-state index in [2.05, 4.69) is 0 Å². The highest BCUT2D eigenvalue weighted by Gasteiger charge is 2.19. The van der Waals surface area contributed by atoms with Gasteiger partial charge in [-0.15, -0.1) is 0 Å². The molecule has 0 amide bonds. The van der Waals surface area contributed by atoms with Crippen molar-refractivity contribution in [3.8, 4) is 11.5 Å². The fourth-order valence-corrected chi connectivity index (χ4v) is 2.22. The zero-order valence-electron chi connectivity index (χ0n) is 15.9. The van der Waals surface area contributed by atoms with E-state index in [0.717, 1.165) is 11.3 Å². The lowest BCUT2D eigenvalue weighted by Gasteiger charge is -2.03. The molecule has 0 unspecified atom stereocenters. The third-order valence-electron chi connectivity index (χ3n) is 3.73. The van der Waals surface area contributed by atoms with Crippen LogP contribution in [0, 0.1) is 10.1 Å². The molecule has 2 aromatic carbocycles. The Morgan fingerprint density at radius 1 is 0.926 bits per heavy atom. The van der Waals surface area contributed by atoms with Gasteiger partial charge in [-0.25, -0.2) is 0 Å². The summed E-state index contributed by atoms with van der Waals surface area (Å²) in [7, 11) is 3.04. The standard InChI is InChI=1S/C10H11NO4.C10H12O2/c1-3-10(12)8-6-7(15-2)4-5-9(8)11(13)14;1-3-10(11)8-5-4-6-9(7-8)12-2/h4-6H,3H2,1-2H3;4-7H,3H2,1-2H3.